The largest absolute Gasteiger partial charge is 0.484 e. The molecule has 4 nitrogen and oxygen atoms in total. The minimum absolute atomic E-state index is 0.120. The van der Waals surface area contributed by atoms with Crippen molar-refractivity contribution in [2.45, 2.75) is 46.6 Å². The fraction of sp³-hybridized carbons (Fsp3) is 0.348. The molecule has 0 saturated heterocycles. The standard InChI is InChI=1S/C23H26O4/c1-5-25-27-19-10-8-17(9-11-19)22-14-21(24)20-13-18(7-6-15(2)3)16(4)12-23(20)26-22/h6,8-13,22H,5,7,14H2,1-4H3. The first kappa shape index (κ1) is 19.2. The van der Waals surface area contributed by atoms with E-state index in [9.17, 15) is 4.79 Å². The van der Waals surface area contributed by atoms with E-state index in [-0.39, 0.29) is 11.9 Å². The third-order valence-corrected chi connectivity index (χ3v) is 4.63. The van der Waals surface area contributed by atoms with E-state index in [1.807, 2.05) is 43.3 Å². The van der Waals surface area contributed by atoms with Crippen molar-refractivity contribution in [3.63, 3.8) is 0 Å². The van der Waals surface area contributed by atoms with E-state index in [0.29, 0.717) is 30.1 Å². The molecule has 0 saturated carbocycles. The van der Waals surface area contributed by atoms with E-state index in [2.05, 4.69) is 26.8 Å². The number of benzene rings is 2. The lowest BCUT2D eigenvalue weighted by Gasteiger charge is -2.26. The second kappa shape index (κ2) is 8.40. The molecule has 1 aliphatic rings. The molecule has 1 unspecified atom stereocenters. The van der Waals surface area contributed by atoms with Crippen molar-refractivity contribution in [3.05, 3.63) is 70.3 Å². The number of rotatable bonds is 6. The van der Waals surface area contributed by atoms with Crippen LogP contribution in [-0.4, -0.2) is 12.4 Å². The average molecular weight is 366 g/mol. The molecular formula is C23H26O4. The zero-order valence-electron chi connectivity index (χ0n) is 16.4. The van der Waals surface area contributed by atoms with Gasteiger partial charge in [0.2, 0.25) is 0 Å². The van der Waals surface area contributed by atoms with Gasteiger partial charge in [-0.2, -0.15) is 4.89 Å². The van der Waals surface area contributed by atoms with Crippen molar-refractivity contribution >= 4 is 5.78 Å². The van der Waals surface area contributed by atoms with E-state index in [4.69, 9.17) is 14.5 Å². The maximum Gasteiger partial charge on any atom is 0.170 e. The van der Waals surface area contributed by atoms with Crippen LogP contribution in [0, 0.1) is 6.92 Å². The Balaban J connectivity index is 1.80. The highest BCUT2D eigenvalue weighted by Gasteiger charge is 2.28. The first-order chi connectivity index (χ1) is 13.0. The maximum atomic E-state index is 12.7. The Hall–Kier alpha value is -2.59. The molecule has 4 heteroatoms. The van der Waals surface area contributed by atoms with E-state index in [1.54, 1.807) is 0 Å². The molecule has 2 aromatic rings. The molecule has 3 rings (SSSR count). The summed E-state index contributed by atoms with van der Waals surface area (Å²) >= 11 is 0. The number of ketones is 1. The van der Waals surface area contributed by atoms with Gasteiger partial charge in [-0.3, -0.25) is 4.79 Å². The lowest BCUT2D eigenvalue weighted by molar-refractivity contribution is -0.202. The first-order valence-corrected chi connectivity index (χ1v) is 9.34. The van der Waals surface area contributed by atoms with Crippen molar-refractivity contribution in [1.82, 2.24) is 0 Å². The normalized spacial score (nSPS) is 15.7. The van der Waals surface area contributed by atoms with Crippen LogP contribution in [0.3, 0.4) is 0 Å². The molecule has 0 spiro atoms. The van der Waals surface area contributed by atoms with Crippen LogP contribution in [0.4, 0.5) is 0 Å². The number of hydrogen-bond acceptors (Lipinski definition) is 4. The Kier molecular flexibility index (Phi) is 5.97. The summed E-state index contributed by atoms with van der Waals surface area (Å²) in [6.07, 6.45) is 3.06. The van der Waals surface area contributed by atoms with Crippen LogP contribution in [0.2, 0.25) is 0 Å². The molecular weight excluding hydrogens is 340 g/mol. The average Bonchev–Trinajstić information content (AvgIpc) is 2.65. The van der Waals surface area contributed by atoms with Crippen LogP contribution in [0.15, 0.2) is 48.0 Å². The molecule has 0 amide bonds. The zero-order valence-corrected chi connectivity index (χ0v) is 16.4. The summed E-state index contributed by atoms with van der Waals surface area (Å²) in [6.45, 7) is 8.56. The van der Waals surface area contributed by atoms with Gasteiger partial charge in [0.05, 0.1) is 18.6 Å². The molecule has 0 aliphatic carbocycles. The summed E-state index contributed by atoms with van der Waals surface area (Å²) in [5, 5.41) is 0. The molecule has 0 fully saturated rings. The van der Waals surface area contributed by atoms with Crippen LogP contribution in [0.25, 0.3) is 0 Å². The summed E-state index contributed by atoms with van der Waals surface area (Å²) in [4.78, 5) is 22.8. The fourth-order valence-electron chi connectivity index (χ4n) is 3.10. The SMILES string of the molecule is CCOOc1ccc(C2CC(=O)c3cc(CC=C(C)C)c(C)cc3O2)cc1. The van der Waals surface area contributed by atoms with Gasteiger partial charge in [0.1, 0.15) is 11.9 Å². The Bertz CT molecular complexity index is 845. The van der Waals surface area contributed by atoms with E-state index < -0.39 is 0 Å². The van der Waals surface area contributed by atoms with Crippen molar-refractivity contribution in [2.75, 3.05) is 6.61 Å². The highest BCUT2D eigenvalue weighted by atomic mass is 17.2. The lowest BCUT2D eigenvalue weighted by Crippen LogP contribution is -2.21. The van der Waals surface area contributed by atoms with E-state index in [1.165, 1.54) is 11.1 Å². The van der Waals surface area contributed by atoms with E-state index in [0.717, 1.165) is 17.5 Å². The Morgan fingerprint density at radius 3 is 2.63 bits per heavy atom. The third kappa shape index (κ3) is 4.58. The summed E-state index contributed by atoms with van der Waals surface area (Å²) in [6, 6.07) is 11.4. The number of aryl methyl sites for hydroxylation is 1. The van der Waals surface area contributed by atoms with Gasteiger partial charge in [0.25, 0.3) is 0 Å². The summed E-state index contributed by atoms with van der Waals surface area (Å²) in [7, 11) is 0. The monoisotopic (exact) mass is 366 g/mol. The fourth-order valence-corrected chi connectivity index (χ4v) is 3.10. The predicted molar refractivity (Wildman–Crippen MR) is 105 cm³/mol. The quantitative estimate of drug-likeness (QED) is 0.382. The van der Waals surface area contributed by atoms with Gasteiger partial charge in [-0.1, -0.05) is 23.8 Å². The molecule has 1 aliphatic heterocycles. The van der Waals surface area contributed by atoms with Gasteiger partial charge >= 0.3 is 0 Å². The number of allylic oxidation sites excluding steroid dienone is 2. The number of carbonyl (C=O) groups is 1. The van der Waals surface area contributed by atoms with Crippen LogP contribution in [-0.2, 0) is 11.3 Å². The maximum absolute atomic E-state index is 12.7. The molecule has 142 valence electrons. The molecule has 0 radical (unpaired) electrons. The van der Waals surface area contributed by atoms with Crippen LogP contribution >= 0.6 is 0 Å². The van der Waals surface area contributed by atoms with Gasteiger partial charge in [0, 0.05) is 0 Å². The topological polar surface area (TPSA) is 44.8 Å². The van der Waals surface area contributed by atoms with Gasteiger partial charge in [-0.15, -0.1) is 0 Å². The number of hydrogen-bond donors (Lipinski definition) is 0. The van der Waals surface area contributed by atoms with Crippen LogP contribution in [0.1, 0.15) is 60.3 Å². The smallest absolute Gasteiger partial charge is 0.170 e. The minimum atomic E-state index is -0.283. The molecule has 2 aromatic carbocycles. The van der Waals surface area contributed by atoms with Gasteiger partial charge < -0.3 is 9.62 Å². The predicted octanol–water partition coefficient (Wildman–Crippen LogP) is 5.54. The zero-order chi connectivity index (χ0) is 19.4. The Labute approximate surface area is 160 Å². The third-order valence-electron chi connectivity index (χ3n) is 4.63. The lowest BCUT2D eigenvalue weighted by atomic mass is 9.92. The van der Waals surface area contributed by atoms with Crippen molar-refractivity contribution in [1.29, 1.82) is 0 Å². The molecule has 1 atom stereocenters. The summed E-state index contributed by atoms with van der Waals surface area (Å²) in [5.41, 5.74) is 5.21. The van der Waals surface area contributed by atoms with Crippen molar-refractivity contribution in [2.24, 2.45) is 0 Å². The van der Waals surface area contributed by atoms with Crippen LogP contribution < -0.4 is 9.62 Å². The number of fused-ring (bicyclic) bond motifs is 1. The van der Waals surface area contributed by atoms with Crippen molar-refractivity contribution < 1.29 is 19.3 Å². The first-order valence-electron chi connectivity index (χ1n) is 9.34. The molecule has 0 bridgehead atoms. The molecule has 0 aromatic heterocycles. The molecule has 1 heterocycles. The second-order valence-corrected chi connectivity index (χ2v) is 7.05. The second-order valence-electron chi connectivity index (χ2n) is 7.05. The van der Waals surface area contributed by atoms with E-state index >= 15 is 0 Å². The molecule has 0 N–H and O–H groups in total. The van der Waals surface area contributed by atoms with Crippen LogP contribution in [0.5, 0.6) is 11.5 Å². The molecule has 27 heavy (non-hydrogen) atoms. The minimum Gasteiger partial charge on any atom is -0.484 e. The number of ether oxygens (including phenoxy) is 1. The number of Topliss-reactive ketones (excluding diaryl/α,β-unsaturated/α-hetero) is 1. The van der Waals surface area contributed by atoms with Gasteiger partial charge in [0.15, 0.2) is 11.5 Å². The summed E-state index contributed by atoms with van der Waals surface area (Å²) < 4.78 is 6.16. The van der Waals surface area contributed by atoms with Gasteiger partial charge in [-0.25, -0.2) is 0 Å². The highest BCUT2D eigenvalue weighted by molar-refractivity contribution is 6.00. The van der Waals surface area contributed by atoms with Crippen molar-refractivity contribution in [3.8, 4) is 11.5 Å². The summed E-state index contributed by atoms with van der Waals surface area (Å²) in [5.74, 6) is 1.42. The number of carbonyl (C=O) groups excluding carboxylic acids is 1. The van der Waals surface area contributed by atoms with Gasteiger partial charge in [-0.05, 0) is 75.1 Å². The highest BCUT2D eigenvalue weighted by Crippen LogP contribution is 2.37. The Morgan fingerprint density at radius 1 is 1.22 bits per heavy atom. The Morgan fingerprint density at radius 2 is 1.96 bits per heavy atom.